The second-order valence-corrected chi connectivity index (χ2v) is 5.31. The van der Waals surface area contributed by atoms with Gasteiger partial charge in [-0.05, 0) is 31.4 Å². The first-order valence-electron chi connectivity index (χ1n) is 6.97. The van der Waals surface area contributed by atoms with Gasteiger partial charge in [-0.3, -0.25) is 4.79 Å². The number of rotatable bonds is 4. The second kappa shape index (κ2) is 6.66. The van der Waals surface area contributed by atoms with Gasteiger partial charge < -0.3 is 10.4 Å². The molecular weight excluding hydrogens is 257 g/mol. The van der Waals surface area contributed by atoms with E-state index in [1.165, 1.54) is 12.1 Å². The largest absolute Gasteiger partial charge is 0.393 e. The van der Waals surface area contributed by atoms with E-state index in [2.05, 4.69) is 5.32 Å². The van der Waals surface area contributed by atoms with Crippen molar-refractivity contribution in [2.24, 2.45) is 5.92 Å². The number of aliphatic hydroxyl groups excluding tert-OH is 1. The van der Waals surface area contributed by atoms with Crippen molar-refractivity contribution in [2.75, 3.05) is 6.54 Å². The predicted molar refractivity (Wildman–Crippen MR) is 76.4 cm³/mol. The maximum atomic E-state index is 13.6. The van der Waals surface area contributed by atoms with Crippen molar-refractivity contribution in [1.29, 1.82) is 0 Å². The highest BCUT2D eigenvalue weighted by molar-refractivity contribution is 5.94. The van der Waals surface area contributed by atoms with Gasteiger partial charge in [0.1, 0.15) is 5.82 Å². The second-order valence-electron chi connectivity index (χ2n) is 5.31. The molecule has 1 fully saturated rings. The number of carbonyl (C=O) groups excluding carboxylic acids is 1. The fraction of sp³-hybridized carbons (Fsp3) is 0.438. The first-order valence-corrected chi connectivity index (χ1v) is 6.97. The van der Waals surface area contributed by atoms with Gasteiger partial charge in [-0.15, -0.1) is 0 Å². The molecule has 1 aliphatic rings. The zero-order chi connectivity index (χ0) is 14.5. The maximum absolute atomic E-state index is 13.6. The predicted octanol–water partition coefficient (Wildman–Crippen LogP) is 2.51. The van der Waals surface area contributed by atoms with E-state index in [0.717, 1.165) is 19.3 Å². The lowest BCUT2D eigenvalue weighted by atomic mass is 10.1. The Morgan fingerprint density at radius 3 is 2.85 bits per heavy atom. The van der Waals surface area contributed by atoms with Gasteiger partial charge in [0, 0.05) is 24.1 Å². The van der Waals surface area contributed by atoms with Gasteiger partial charge in [-0.1, -0.05) is 24.6 Å². The number of carbonyl (C=O) groups is 1. The summed E-state index contributed by atoms with van der Waals surface area (Å²) in [6.45, 7) is 2.18. The summed E-state index contributed by atoms with van der Waals surface area (Å²) >= 11 is 0. The Kier molecular flexibility index (Phi) is 4.90. The molecule has 1 saturated carbocycles. The number of hydrogen-bond donors (Lipinski definition) is 2. The van der Waals surface area contributed by atoms with Crippen LogP contribution in [0.4, 0.5) is 4.39 Å². The van der Waals surface area contributed by atoms with Gasteiger partial charge in [0.05, 0.1) is 6.10 Å². The van der Waals surface area contributed by atoms with Crippen LogP contribution < -0.4 is 5.32 Å². The summed E-state index contributed by atoms with van der Waals surface area (Å²) in [6, 6.07) is 6.38. The Bertz CT molecular complexity index is 513. The van der Waals surface area contributed by atoms with E-state index < -0.39 is 0 Å². The highest BCUT2D eigenvalue weighted by Crippen LogP contribution is 2.24. The highest BCUT2D eigenvalue weighted by Gasteiger charge is 2.25. The maximum Gasteiger partial charge on any atom is 0.244 e. The Labute approximate surface area is 118 Å². The highest BCUT2D eigenvalue weighted by atomic mass is 19.1. The molecule has 0 saturated heterocycles. The number of allylic oxidation sites excluding steroid dienone is 1. The molecule has 0 aromatic heterocycles. The minimum atomic E-state index is -0.333. The van der Waals surface area contributed by atoms with Crippen LogP contribution in [-0.2, 0) is 4.79 Å². The van der Waals surface area contributed by atoms with Gasteiger partial charge in [-0.2, -0.15) is 0 Å². The fourth-order valence-electron chi connectivity index (χ4n) is 2.59. The molecule has 3 nitrogen and oxygen atoms in total. The number of benzene rings is 1. The van der Waals surface area contributed by atoms with Crippen LogP contribution in [0.5, 0.6) is 0 Å². The van der Waals surface area contributed by atoms with Crippen LogP contribution in [-0.4, -0.2) is 23.7 Å². The first-order chi connectivity index (χ1) is 9.58. The van der Waals surface area contributed by atoms with E-state index in [-0.39, 0.29) is 23.7 Å². The summed E-state index contributed by atoms with van der Waals surface area (Å²) in [5, 5.41) is 12.5. The summed E-state index contributed by atoms with van der Waals surface area (Å²) in [5.74, 6) is -0.439. The average molecular weight is 277 g/mol. The molecule has 2 N–H and O–H groups in total. The minimum absolute atomic E-state index is 0.140. The molecular formula is C16H20FNO2. The molecule has 0 bridgehead atoms. The monoisotopic (exact) mass is 277 g/mol. The standard InChI is InChI=1S/C16H20FNO2/c1-11(13-6-2-3-7-14(13)17)9-16(20)18-10-12-5-4-8-15(12)19/h2-3,6-7,9,12,15,19H,4-5,8,10H2,1H3,(H,18,20). The molecule has 2 unspecified atom stereocenters. The zero-order valence-electron chi connectivity index (χ0n) is 11.6. The smallest absolute Gasteiger partial charge is 0.244 e. The van der Waals surface area contributed by atoms with Gasteiger partial charge in [0.2, 0.25) is 5.91 Å². The Hall–Kier alpha value is -1.68. The van der Waals surface area contributed by atoms with Crippen LogP contribution in [0.25, 0.3) is 5.57 Å². The summed E-state index contributed by atoms with van der Waals surface area (Å²) in [5.41, 5.74) is 1.02. The normalized spacial score (nSPS) is 22.9. The van der Waals surface area contributed by atoms with Crippen LogP contribution in [0, 0.1) is 11.7 Å². The van der Waals surface area contributed by atoms with E-state index in [4.69, 9.17) is 0 Å². The van der Waals surface area contributed by atoms with Crippen molar-refractivity contribution < 1.29 is 14.3 Å². The summed E-state index contributed by atoms with van der Waals surface area (Å²) < 4.78 is 13.6. The summed E-state index contributed by atoms with van der Waals surface area (Å²) in [6.07, 6.45) is 3.85. The molecule has 2 rings (SSSR count). The third kappa shape index (κ3) is 3.67. The first kappa shape index (κ1) is 14.7. The quantitative estimate of drug-likeness (QED) is 0.831. The van der Waals surface area contributed by atoms with Crippen LogP contribution in [0.1, 0.15) is 31.7 Å². The van der Waals surface area contributed by atoms with Crippen molar-refractivity contribution in [3.63, 3.8) is 0 Å². The van der Waals surface area contributed by atoms with E-state index in [1.807, 2.05) is 0 Å². The molecule has 4 heteroatoms. The molecule has 108 valence electrons. The van der Waals surface area contributed by atoms with E-state index in [9.17, 15) is 14.3 Å². The SMILES string of the molecule is CC(=CC(=O)NCC1CCCC1O)c1ccccc1F. The van der Waals surface area contributed by atoms with Crippen molar-refractivity contribution >= 4 is 11.5 Å². The average Bonchev–Trinajstić information content (AvgIpc) is 2.82. The lowest BCUT2D eigenvalue weighted by molar-refractivity contribution is -0.116. The molecule has 0 spiro atoms. The molecule has 2 atom stereocenters. The number of hydrogen-bond acceptors (Lipinski definition) is 2. The van der Waals surface area contributed by atoms with Crippen molar-refractivity contribution in [3.8, 4) is 0 Å². The van der Waals surface area contributed by atoms with Crippen LogP contribution in [0.15, 0.2) is 30.3 Å². The fourth-order valence-corrected chi connectivity index (χ4v) is 2.59. The van der Waals surface area contributed by atoms with Crippen LogP contribution in [0.2, 0.25) is 0 Å². The third-order valence-electron chi connectivity index (χ3n) is 3.80. The lowest BCUT2D eigenvalue weighted by Gasteiger charge is -2.14. The molecule has 0 aliphatic heterocycles. The van der Waals surface area contributed by atoms with E-state index >= 15 is 0 Å². The zero-order valence-corrected chi connectivity index (χ0v) is 11.6. The van der Waals surface area contributed by atoms with Crippen molar-refractivity contribution in [1.82, 2.24) is 5.32 Å². The van der Waals surface area contributed by atoms with Gasteiger partial charge in [-0.25, -0.2) is 4.39 Å². The molecule has 0 radical (unpaired) electrons. The Morgan fingerprint density at radius 1 is 1.45 bits per heavy atom. The third-order valence-corrected chi connectivity index (χ3v) is 3.80. The van der Waals surface area contributed by atoms with E-state index in [0.29, 0.717) is 17.7 Å². The van der Waals surface area contributed by atoms with E-state index in [1.54, 1.807) is 25.1 Å². The molecule has 1 amide bonds. The van der Waals surface area contributed by atoms with Crippen molar-refractivity contribution in [2.45, 2.75) is 32.3 Å². The molecule has 1 aromatic rings. The Morgan fingerprint density at radius 2 is 2.20 bits per heavy atom. The number of amides is 1. The molecule has 20 heavy (non-hydrogen) atoms. The van der Waals surface area contributed by atoms with Gasteiger partial charge in [0.25, 0.3) is 0 Å². The molecule has 1 aliphatic carbocycles. The van der Waals surface area contributed by atoms with Crippen LogP contribution in [0.3, 0.4) is 0 Å². The van der Waals surface area contributed by atoms with Crippen LogP contribution >= 0.6 is 0 Å². The Balaban J connectivity index is 1.93. The number of halogens is 1. The summed E-state index contributed by atoms with van der Waals surface area (Å²) in [4.78, 5) is 11.8. The number of nitrogens with one attached hydrogen (secondary N) is 1. The lowest BCUT2D eigenvalue weighted by Crippen LogP contribution is -2.31. The topological polar surface area (TPSA) is 49.3 Å². The molecule has 1 aromatic carbocycles. The van der Waals surface area contributed by atoms with Gasteiger partial charge in [0.15, 0.2) is 0 Å². The molecule has 0 heterocycles. The number of aliphatic hydroxyl groups is 1. The summed E-state index contributed by atoms with van der Waals surface area (Å²) in [7, 11) is 0. The van der Waals surface area contributed by atoms with Gasteiger partial charge >= 0.3 is 0 Å². The minimum Gasteiger partial charge on any atom is -0.393 e. The van der Waals surface area contributed by atoms with Crippen molar-refractivity contribution in [3.05, 3.63) is 41.7 Å².